The van der Waals surface area contributed by atoms with Crippen molar-refractivity contribution >= 4 is 6.03 Å². The summed E-state index contributed by atoms with van der Waals surface area (Å²) >= 11 is 0. The Bertz CT molecular complexity index is 713. The second-order valence-electron chi connectivity index (χ2n) is 7.62. The van der Waals surface area contributed by atoms with E-state index in [1.807, 2.05) is 30.3 Å². The van der Waals surface area contributed by atoms with Crippen molar-refractivity contribution in [3.63, 3.8) is 0 Å². The van der Waals surface area contributed by atoms with E-state index >= 15 is 0 Å². The molecular formula is C21H27FN2O2. The number of halogens is 1. The monoisotopic (exact) mass is 358 g/mol. The first-order valence-electron chi connectivity index (χ1n) is 8.78. The summed E-state index contributed by atoms with van der Waals surface area (Å²) in [4.78, 5) is 12.3. The first kappa shape index (κ1) is 19.9. The van der Waals surface area contributed by atoms with Gasteiger partial charge in [-0.2, -0.15) is 0 Å². The molecule has 0 saturated carbocycles. The number of aliphatic hydroxyl groups is 1. The molecule has 2 atom stereocenters. The molecule has 26 heavy (non-hydrogen) atoms. The van der Waals surface area contributed by atoms with Crippen LogP contribution in [0.1, 0.15) is 50.5 Å². The van der Waals surface area contributed by atoms with Gasteiger partial charge in [-0.1, -0.05) is 69.3 Å². The fourth-order valence-electron chi connectivity index (χ4n) is 2.80. The lowest BCUT2D eigenvalue weighted by molar-refractivity contribution is 0.167. The lowest BCUT2D eigenvalue weighted by atomic mass is 9.85. The summed E-state index contributed by atoms with van der Waals surface area (Å²) in [5.74, 6) is -0.489. The van der Waals surface area contributed by atoms with Gasteiger partial charge in [-0.15, -0.1) is 0 Å². The van der Waals surface area contributed by atoms with Crippen molar-refractivity contribution in [2.24, 2.45) is 5.41 Å². The summed E-state index contributed by atoms with van der Waals surface area (Å²) in [6.45, 7) is 6.28. The number of benzene rings is 2. The van der Waals surface area contributed by atoms with E-state index in [-0.39, 0.29) is 23.6 Å². The van der Waals surface area contributed by atoms with E-state index in [0.29, 0.717) is 0 Å². The predicted octanol–water partition coefficient (Wildman–Crippen LogP) is 4.34. The molecule has 0 aliphatic carbocycles. The quantitative estimate of drug-likeness (QED) is 0.719. The summed E-state index contributed by atoms with van der Waals surface area (Å²) in [7, 11) is 0. The van der Waals surface area contributed by atoms with E-state index in [2.05, 4.69) is 31.4 Å². The van der Waals surface area contributed by atoms with Crippen LogP contribution in [0.2, 0.25) is 0 Å². The van der Waals surface area contributed by atoms with Crippen LogP contribution in [0.25, 0.3) is 0 Å². The van der Waals surface area contributed by atoms with Crippen LogP contribution in [-0.4, -0.2) is 17.7 Å². The minimum absolute atomic E-state index is 0.0282. The van der Waals surface area contributed by atoms with Crippen LogP contribution in [0.3, 0.4) is 0 Å². The number of urea groups is 1. The third kappa shape index (κ3) is 6.15. The van der Waals surface area contributed by atoms with Gasteiger partial charge in [0.15, 0.2) is 0 Å². The average molecular weight is 358 g/mol. The topological polar surface area (TPSA) is 61.4 Å². The molecule has 0 heterocycles. The zero-order valence-electron chi connectivity index (χ0n) is 15.5. The Labute approximate surface area is 154 Å². The number of rotatable bonds is 6. The molecule has 0 bridgehead atoms. The normalized spacial score (nSPS) is 13.7. The number of hydrogen-bond donors (Lipinski definition) is 3. The Hall–Kier alpha value is -2.40. The van der Waals surface area contributed by atoms with E-state index in [9.17, 15) is 14.3 Å². The molecule has 2 aromatic rings. The third-order valence-corrected chi connectivity index (χ3v) is 4.04. The molecule has 0 aromatic heterocycles. The maximum Gasteiger partial charge on any atom is 0.315 e. The third-order valence-electron chi connectivity index (χ3n) is 4.04. The smallest absolute Gasteiger partial charge is 0.315 e. The van der Waals surface area contributed by atoms with Crippen molar-refractivity contribution in [3.8, 4) is 0 Å². The SMILES string of the molecule is CC(C)(C)CC(NC(=O)NCC(O)c1ccccc1F)c1ccccc1. The van der Waals surface area contributed by atoms with Crippen molar-refractivity contribution in [1.82, 2.24) is 10.6 Å². The molecule has 2 rings (SSSR count). The van der Waals surface area contributed by atoms with E-state index in [1.165, 1.54) is 12.1 Å². The summed E-state index contributed by atoms with van der Waals surface area (Å²) in [6.07, 6.45) is -0.333. The molecule has 0 aliphatic heterocycles. The van der Waals surface area contributed by atoms with Gasteiger partial charge >= 0.3 is 6.03 Å². The molecule has 5 heteroatoms. The molecule has 2 unspecified atom stereocenters. The highest BCUT2D eigenvalue weighted by Crippen LogP contribution is 2.29. The van der Waals surface area contributed by atoms with Crippen molar-refractivity contribution in [2.75, 3.05) is 6.54 Å². The maximum absolute atomic E-state index is 13.7. The van der Waals surface area contributed by atoms with Crippen LogP contribution < -0.4 is 10.6 Å². The summed E-state index contributed by atoms with van der Waals surface area (Å²) in [6, 6.07) is 15.2. The Kier molecular flexibility index (Phi) is 6.75. The number of carbonyl (C=O) groups excluding carboxylic acids is 1. The molecule has 140 valence electrons. The van der Waals surface area contributed by atoms with Gasteiger partial charge in [0.2, 0.25) is 0 Å². The van der Waals surface area contributed by atoms with Crippen LogP contribution in [-0.2, 0) is 0 Å². The van der Waals surface area contributed by atoms with E-state index < -0.39 is 18.0 Å². The standard InChI is InChI=1S/C21H27FN2O2/c1-21(2,3)13-18(15-9-5-4-6-10-15)24-20(26)23-14-19(25)16-11-7-8-12-17(16)22/h4-12,18-19,25H,13-14H2,1-3H3,(H2,23,24,26). The highest BCUT2D eigenvalue weighted by molar-refractivity contribution is 5.74. The Balaban J connectivity index is 1.98. The van der Waals surface area contributed by atoms with Crippen molar-refractivity contribution in [2.45, 2.75) is 39.3 Å². The van der Waals surface area contributed by atoms with Gasteiger partial charge in [0, 0.05) is 12.1 Å². The van der Waals surface area contributed by atoms with Gasteiger partial charge in [0.1, 0.15) is 5.82 Å². The van der Waals surface area contributed by atoms with Gasteiger partial charge in [-0.05, 0) is 23.5 Å². The fourth-order valence-corrected chi connectivity index (χ4v) is 2.80. The number of nitrogens with one attached hydrogen (secondary N) is 2. The lowest BCUT2D eigenvalue weighted by Crippen LogP contribution is -2.40. The zero-order chi connectivity index (χ0) is 19.2. The van der Waals surface area contributed by atoms with Crippen LogP contribution in [0.4, 0.5) is 9.18 Å². The fraction of sp³-hybridized carbons (Fsp3) is 0.381. The largest absolute Gasteiger partial charge is 0.386 e. The minimum Gasteiger partial charge on any atom is -0.386 e. The molecule has 0 saturated heterocycles. The van der Waals surface area contributed by atoms with Crippen LogP contribution in [0.15, 0.2) is 54.6 Å². The first-order chi connectivity index (χ1) is 12.3. The summed E-state index contributed by atoms with van der Waals surface area (Å²) in [5, 5.41) is 15.7. The number of amides is 2. The zero-order valence-corrected chi connectivity index (χ0v) is 15.5. The van der Waals surface area contributed by atoms with Crippen molar-refractivity contribution in [3.05, 3.63) is 71.5 Å². The van der Waals surface area contributed by atoms with Gasteiger partial charge in [0.05, 0.1) is 12.1 Å². The van der Waals surface area contributed by atoms with Crippen LogP contribution in [0, 0.1) is 11.2 Å². The van der Waals surface area contributed by atoms with Gasteiger partial charge in [-0.3, -0.25) is 0 Å². The number of carbonyl (C=O) groups is 1. The molecule has 0 spiro atoms. The number of aliphatic hydroxyl groups excluding tert-OH is 1. The van der Waals surface area contributed by atoms with E-state index in [1.54, 1.807) is 12.1 Å². The Morgan fingerprint density at radius 2 is 1.69 bits per heavy atom. The second-order valence-corrected chi connectivity index (χ2v) is 7.62. The van der Waals surface area contributed by atoms with E-state index in [0.717, 1.165) is 12.0 Å². The van der Waals surface area contributed by atoms with Gasteiger partial charge in [-0.25, -0.2) is 9.18 Å². The lowest BCUT2D eigenvalue weighted by Gasteiger charge is -2.27. The Morgan fingerprint density at radius 1 is 1.08 bits per heavy atom. The highest BCUT2D eigenvalue weighted by Gasteiger charge is 2.22. The second kappa shape index (κ2) is 8.81. The summed E-state index contributed by atoms with van der Waals surface area (Å²) < 4.78 is 13.7. The summed E-state index contributed by atoms with van der Waals surface area (Å²) in [5.41, 5.74) is 1.22. The Morgan fingerprint density at radius 3 is 2.31 bits per heavy atom. The predicted molar refractivity (Wildman–Crippen MR) is 101 cm³/mol. The molecule has 2 aromatic carbocycles. The minimum atomic E-state index is -1.10. The molecule has 0 aliphatic rings. The van der Waals surface area contributed by atoms with E-state index in [4.69, 9.17) is 0 Å². The molecule has 3 N–H and O–H groups in total. The maximum atomic E-state index is 13.7. The highest BCUT2D eigenvalue weighted by atomic mass is 19.1. The van der Waals surface area contributed by atoms with Gasteiger partial charge < -0.3 is 15.7 Å². The molecule has 4 nitrogen and oxygen atoms in total. The molecule has 2 amide bonds. The van der Waals surface area contributed by atoms with Crippen LogP contribution >= 0.6 is 0 Å². The number of hydrogen-bond acceptors (Lipinski definition) is 2. The van der Waals surface area contributed by atoms with Crippen LogP contribution in [0.5, 0.6) is 0 Å². The van der Waals surface area contributed by atoms with Gasteiger partial charge in [0.25, 0.3) is 0 Å². The first-order valence-corrected chi connectivity index (χ1v) is 8.78. The average Bonchev–Trinajstić information content (AvgIpc) is 2.59. The molecular weight excluding hydrogens is 331 g/mol. The molecule has 0 fully saturated rings. The molecule has 0 radical (unpaired) electrons. The van der Waals surface area contributed by atoms with Crippen molar-refractivity contribution < 1.29 is 14.3 Å². The van der Waals surface area contributed by atoms with Crippen molar-refractivity contribution in [1.29, 1.82) is 0 Å².